The molecule has 0 saturated heterocycles. The zero-order chi connectivity index (χ0) is 16.1. The van der Waals surface area contributed by atoms with Crippen molar-refractivity contribution in [1.82, 2.24) is 10.6 Å². The summed E-state index contributed by atoms with van der Waals surface area (Å²) in [4.78, 5) is 11.8. The SMILES string of the molecule is O=C(NC(=S)NCc1cc(F)c(F)c(F)c1)c1ccccc1. The lowest BCUT2D eigenvalue weighted by molar-refractivity contribution is 0.0976. The Labute approximate surface area is 130 Å². The topological polar surface area (TPSA) is 41.1 Å². The standard InChI is InChI=1S/C15H11F3N2OS/c16-11-6-9(7-12(17)13(11)18)8-19-15(22)20-14(21)10-4-2-1-3-5-10/h1-7H,8H2,(H2,19,20,21,22). The third kappa shape index (κ3) is 4.05. The lowest BCUT2D eigenvalue weighted by atomic mass is 10.2. The van der Waals surface area contributed by atoms with Crippen LogP contribution in [0.2, 0.25) is 0 Å². The molecular weight excluding hydrogens is 313 g/mol. The highest BCUT2D eigenvalue weighted by atomic mass is 32.1. The van der Waals surface area contributed by atoms with E-state index in [4.69, 9.17) is 12.2 Å². The van der Waals surface area contributed by atoms with Crippen LogP contribution in [0.1, 0.15) is 15.9 Å². The van der Waals surface area contributed by atoms with Crippen molar-refractivity contribution in [2.24, 2.45) is 0 Å². The molecule has 0 aromatic heterocycles. The minimum Gasteiger partial charge on any atom is -0.358 e. The van der Waals surface area contributed by atoms with Crippen LogP contribution in [0.4, 0.5) is 13.2 Å². The summed E-state index contributed by atoms with van der Waals surface area (Å²) in [6.07, 6.45) is 0. The molecule has 0 fully saturated rings. The fourth-order valence-electron chi connectivity index (χ4n) is 1.70. The summed E-state index contributed by atoms with van der Waals surface area (Å²) >= 11 is 4.92. The molecule has 0 radical (unpaired) electrons. The molecule has 0 spiro atoms. The lowest BCUT2D eigenvalue weighted by Gasteiger charge is -2.10. The van der Waals surface area contributed by atoms with E-state index < -0.39 is 23.4 Å². The van der Waals surface area contributed by atoms with Gasteiger partial charge in [-0.2, -0.15) is 0 Å². The van der Waals surface area contributed by atoms with Crippen molar-refractivity contribution < 1.29 is 18.0 Å². The first-order valence-electron chi connectivity index (χ1n) is 6.25. The Bertz CT molecular complexity index is 684. The van der Waals surface area contributed by atoms with E-state index in [0.717, 1.165) is 12.1 Å². The monoisotopic (exact) mass is 324 g/mol. The largest absolute Gasteiger partial charge is 0.358 e. The molecule has 2 N–H and O–H groups in total. The molecule has 0 atom stereocenters. The first-order chi connectivity index (χ1) is 10.5. The number of hydrogen-bond acceptors (Lipinski definition) is 2. The quantitative estimate of drug-likeness (QED) is 0.674. The van der Waals surface area contributed by atoms with Crippen molar-refractivity contribution in [2.75, 3.05) is 0 Å². The predicted molar refractivity (Wildman–Crippen MR) is 79.7 cm³/mol. The molecule has 3 nitrogen and oxygen atoms in total. The molecule has 0 bridgehead atoms. The minimum absolute atomic E-state index is 0.000931. The van der Waals surface area contributed by atoms with E-state index in [2.05, 4.69) is 10.6 Å². The first kappa shape index (κ1) is 16.0. The Hall–Kier alpha value is -2.41. The van der Waals surface area contributed by atoms with Crippen molar-refractivity contribution in [1.29, 1.82) is 0 Å². The van der Waals surface area contributed by atoms with E-state index in [9.17, 15) is 18.0 Å². The Morgan fingerprint density at radius 1 is 1.05 bits per heavy atom. The van der Waals surface area contributed by atoms with E-state index in [0.29, 0.717) is 5.56 Å². The number of halogens is 3. The van der Waals surface area contributed by atoms with Gasteiger partial charge in [0.25, 0.3) is 5.91 Å². The summed E-state index contributed by atoms with van der Waals surface area (Å²) in [7, 11) is 0. The maximum Gasteiger partial charge on any atom is 0.257 e. The third-order valence-corrected chi connectivity index (χ3v) is 3.01. The normalized spacial score (nSPS) is 10.1. The Morgan fingerprint density at radius 3 is 2.23 bits per heavy atom. The fourth-order valence-corrected chi connectivity index (χ4v) is 1.87. The predicted octanol–water partition coefficient (Wildman–Crippen LogP) is 2.91. The summed E-state index contributed by atoms with van der Waals surface area (Å²) < 4.78 is 38.9. The van der Waals surface area contributed by atoms with Gasteiger partial charge >= 0.3 is 0 Å². The minimum atomic E-state index is -1.52. The number of carbonyl (C=O) groups is 1. The lowest BCUT2D eigenvalue weighted by Crippen LogP contribution is -2.38. The van der Waals surface area contributed by atoms with E-state index in [-0.39, 0.29) is 17.2 Å². The van der Waals surface area contributed by atoms with E-state index in [1.807, 2.05) is 0 Å². The van der Waals surface area contributed by atoms with Gasteiger partial charge in [0.15, 0.2) is 22.6 Å². The number of amides is 1. The zero-order valence-corrected chi connectivity index (χ0v) is 12.0. The van der Waals surface area contributed by atoms with Crippen LogP contribution in [0, 0.1) is 17.5 Å². The van der Waals surface area contributed by atoms with Gasteiger partial charge in [0.05, 0.1) is 0 Å². The molecular formula is C15H11F3N2OS. The van der Waals surface area contributed by atoms with Crippen LogP contribution in [0.15, 0.2) is 42.5 Å². The van der Waals surface area contributed by atoms with Gasteiger partial charge in [-0.3, -0.25) is 10.1 Å². The van der Waals surface area contributed by atoms with Crippen LogP contribution in [-0.4, -0.2) is 11.0 Å². The Morgan fingerprint density at radius 2 is 1.64 bits per heavy atom. The second-order valence-electron chi connectivity index (χ2n) is 4.38. The molecule has 0 aliphatic rings. The van der Waals surface area contributed by atoms with Gasteiger partial charge in [-0.25, -0.2) is 13.2 Å². The van der Waals surface area contributed by atoms with E-state index in [1.165, 1.54) is 0 Å². The van der Waals surface area contributed by atoms with Crippen LogP contribution >= 0.6 is 12.2 Å². The third-order valence-electron chi connectivity index (χ3n) is 2.76. The van der Waals surface area contributed by atoms with Crippen LogP contribution in [0.5, 0.6) is 0 Å². The molecule has 1 amide bonds. The summed E-state index contributed by atoms with van der Waals surface area (Å²) in [5.74, 6) is -4.50. The first-order valence-corrected chi connectivity index (χ1v) is 6.66. The highest BCUT2D eigenvalue weighted by Gasteiger charge is 2.11. The summed E-state index contributed by atoms with van der Waals surface area (Å²) in [6.45, 7) is -0.0535. The van der Waals surface area contributed by atoms with Crippen LogP contribution < -0.4 is 10.6 Å². The maximum atomic E-state index is 13.1. The molecule has 2 aromatic rings. The van der Waals surface area contributed by atoms with Gasteiger partial charge in [-0.1, -0.05) is 18.2 Å². The number of benzene rings is 2. The molecule has 0 heterocycles. The maximum absolute atomic E-state index is 13.1. The average Bonchev–Trinajstić information content (AvgIpc) is 2.51. The van der Waals surface area contributed by atoms with Gasteiger partial charge in [0.1, 0.15) is 0 Å². The molecule has 0 saturated carbocycles. The molecule has 0 aliphatic heterocycles. The highest BCUT2D eigenvalue weighted by molar-refractivity contribution is 7.80. The van der Waals surface area contributed by atoms with Crippen LogP contribution in [0.25, 0.3) is 0 Å². The van der Waals surface area contributed by atoms with E-state index >= 15 is 0 Å². The van der Waals surface area contributed by atoms with Gasteiger partial charge in [-0.15, -0.1) is 0 Å². The van der Waals surface area contributed by atoms with Gasteiger partial charge in [-0.05, 0) is 42.0 Å². The molecule has 2 aromatic carbocycles. The van der Waals surface area contributed by atoms with Crippen molar-refractivity contribution in [3.05, 3.63) is 71.0 Å². The van der Waals surface area contributed by atoms with Gasteiger partial charge < -0.3 is 5.32 Å². The fraction of sp³-hybridized carbons (Fsp3) is 0.0667. The number of thiocarbonyl (C=S) groups is 1. The summed E-state index contributed by atoms with van der Waals surface area (Å²) in [5, 5.41) is 5.04. The van der Waals surface area contributed by atoms with E-state index in [1.54, 1.807) is 30.3 Å². The number of carbonyl (C=O) groups excluding carboxylic acids is 1. The smallest absolute Gasteiger partial charge is 0.257 e. The Balaban J connectivity index is 1.92. The number of rotatable bonds is 3. The van der Waals surface area contributed by atoms with Crippen molar-refractivity contribution >= 4 is 23.2 Å². The molecule has 0 unspecified atom stereocenters. The Kier molecular flexibility index (Phi) is 5.11. The molecule has 0 aliphatic carbocycles. The summed E-state index contributed by atoms with van der Waals surface area (Å²) in [6, 6.07) is 10.1. The van der Waals surface area contributed by atoms with Crippen molar-refractivity contribution in [3.63, 3.8) is 0 Å². The average molecular weight is 324 g/mol. The van der Waals surface area contributed by atoms with Crippen molar-refractivity contribution in [2.45, 2.75) is 6.54 Å². The number of hydrogen-bond donors (Lipinski definition) is 2. The van der Waals surface area contributed by atoms with Crippen LogP contribution in [-0.2, 0) is 6.54 Å². The second kappa shape index (κ2) is 7.04. The number of nitrogens with one attached hydrogen (secondary N) is 2. The van der Waals surface area contributed by atoms with Gasteiger partial charge in [0, 0.05) is 12.1 Å². The molecule has 22 heavy (non-hydrogen) atoms. The molecule has 2 rings (SSSR count). The van der Waals surface area contributed by atoms with Crippen molar-refractivity contribution in [3.8, 4) is 0 Å². The van der Waals surface area contributed by atoms with Crippen LogP contribution in [0.3, 0.4) is 0 Å². The highest BCUT2D eigenvalue weighted by Crippen LogP contribution is 2.13. The zero-order valence-electron chi connectivity index (χ0n) is 11.2. The second-order valence-corrected chi connectivity index (χ2v) is 4.78. The van der Waals surface area contributed by atoms with Gasteiger partial charge in [0.2, 0.25) is 0 Å². The molecule has 7 heteroatoms. The molecule has 114 valence electrons. The summed E-state index contributed by atoms with van der Waals surface area (Å²) in [5.41, 5.74) is 0.582.